The highest BCUT2D eigenvalue weighted by Crippen LogP contribution is 2.24. The SMILES string of the molecule is CCCCCC#CCC[C@H]1COC(C)(C)O1. The monoisotopic (exact) mass is 224 g/mol. The third-order valence-electron chi connectivity index (χ3n) is 2.69. The van der Waals surface area contributed by atoms with Crippen molar-refractivity contribution in [2.24, 2.45) is 0 Å². The molecule has 1 heterocycles. The van der Waals surface area contributed by atoms with E-state index in [1.54, 1.807) is 0 Å². The summed E-state index contributed by atoms with van der Waals surface area (Å²) in [7, 11) is 0. The van der Waals surface area contributed by atoms with E-state index >= 15 is 0 Å². The van der Waals surface area contributed by atoms with E-state index in [1.807, 2.05) is 13.8 Å². The summed E-state index contributed by atoms with van der Waals surface area (Å²) < 4.78 is 11.2. The molecule has 0 spiro atoms. The van der Waals surface area contributed by atoms with Crippen LogP contribution >= 0.6 is 0 Å². The second-order valence-corrected chi connectivity index (χ2v) is 4.80. The van der Waals surface area contributed by atoms with E-state index < -0.39 is 0 Å². The summed E-state index contributed by atoms with van der Waals surface area (Å²) >= 11 is 0. The Morgan fingerprint density at radius 3 is 2.56 bits per heavy atom. The molecule has 2 heteroatoms. The second kappa shape index (κ2) is 6.93. The lowest BCUT2D eigenvalue weighted by molar-refractivity contribution is -0.138. The van der Waals surface area contributed by atoms with E-state index in [0.717, 1.165) is 19.3 Å². The van der Waals surface area contributed by atoms with Crippen molar-refractivity contribution in [3.8, 4) is 11.8 Å². The average molecular weight is 224 g/mol. The van der Waals surface area contributed by atoms with Gasteiger partial charge < -0.3 is 9.47 Å². The molecule has 0 aliphatic carbocycles. The van der Waals surface area contributed by atoms with Crippen molar-refractivity contribution in [1.82, 2.24) is 0 Å². The maximum Gasteiger partial charge on any atom is 0.163 e. The van der Waals surface area contributed by atoms with Crippen molar-refractivity contribution in [3.63, 3.8) is 0 Å². The highest BCUT2D eigenvalue weighted by molar-refractivity contribution is 4.99. The molecule has 0 aromatic heterocycles. The van der Waals surface area contributed by atoms with Crippen LogP contribution in [0.2, 0.25) is 0 Å². The van der Waals surface area contributed by atoms with Gasteiger partial charge in [-0.05, 0) is 26.7 Å². The van der Waals surface area contributed by atoms with Gasteiger partial charge in [-0.15, -0.1) is 11.8 Å². The van der Waals surface area contributed by atoms with Gasteiger partial charge in [0.2, 0.25) is 0 Å². The Labute approximate surface area is 99.7 Å². The number of hydrogen-bond acceptors (Lipinski definition) is 2. The molecule has 1 rings (SSSR count). The first kappa shape index (κ1) is 13.5. The topological polar surface area (TPSA) is 18.5 Å². The van der Waals surface area contributed by atoms with Crippen LogP contribution < -0.4 is 0 Å². The molecule has 1 aliphatic heterocycles. The maximum absolute atomic E-state index is 5.70. The molecule has 0 bridgehead atoms. The minimum Gasteiger partial charge on any atom is -0.348 e. The Bertz CT molecular complexity index is 247. The van der Waals surface area contributed by atoms with E-state index in [4.69, 9.17) is 9.47 Å². The summed E-state index contributed by atoms with van der Waals surface area (Å²) in [4.78, 5) is 0. The molecular weight excluding hydrogens is 200 g/mol. The molecule has 92 valence electrons. The molecule has 1 aliphatic rings. The molecule has 0 radical (unpaired) electrons. The van der Waals surface area contributed by atoms with E-state index in [-0.39, 0.29) is 11.9 Å². The van der Waals surface area contributed by atoms with Gasteiger partial charge in [0, 0.05) is 12.8 Å². The van der Waals surface area contributed by atoms with Crippen LogP contribution in [0.4, 0.5) is 0 Å². The maximum atomic E-state index is 5.70. The summed E-state index contributed by atoms with van der Waals surface area (Å²) in [6.07, 6.45) is 6.99. The Balaban J connectivity index is 2.03. The van der Waals surface area contributed by atoms with E-state index in [2.05, 4.69) is 18.8 Å². The fourth-order valence-electron chi connectivity index (χ4n) is 1.78. The molecule has 0 saturated carbocycles. The first-order chi connectivity index (χ1) is 7.64. The molecule has 1 fully saturated rings. The molecule has 0 unspecified atom stereocenters. The molecule has 1 atom stereocenters. The van der Waals surface area contributed by atoms with Crippen molar-refractivity contribution in [2.75, 3.05) is 6.61 Å². The summed E-state index contributed by atoms with van der Waals surface area (Å²) in [6, 6.07) is 0. The van der Waals surface area contributed by atoms with Crippen molar-refractivity contribution >= 4 is 0 Å². The van der Waals surface area contributed by atoms with Gasteiger partial charge in [0.05, 0.1) is 12.7 Å². The third kappa shape index (κ3) is 5.53. The normalized spacial score (nSPS) is 22.8. The van der Waals surface area contributed by atoms with E-state index in [9.17, 15) is 0 Å². The van der Waals surface area contributed by atoms with Gasteiger partial charge >= 0.3 is 0 Å². The molecule has 0 aromatic carbocycles. The minimum absolute atomic E-state index is 0.236. The summed E-state index contributed by atoms with van der Waals surface area (Å²) in [6.45, 7) is 6.85. The predicted molar refractivity (Wildman–Crippen MR) is 66.1 cm³/mol. The van der Waals surface area contributed by atoms with Crippen LogP contribution in [-0.2, 0) is 9.47 Å². The van der Waals surface area contributed by atoms with Crippen LogP contribution in [0.15, 0.2) is 0 Å². The summed E-state index contributed by atoms with van der Waals surface area (Å²) in [5.41, 5.74) is 0. The average Bonchev–Trinajstić information content (AvgIpc) is 2.57. The van der Waals surface area contributed by atoms with Gasteiger partial charge in [-0.25, -0.2) is 0 Å². The quantitative estimate of drug-likeness (QED) is 0.525. The number of unbranched alkanes of at least 4 members (excludes halogenated alkanes) is 3. The second-order valence-electron chi connectivity index (χ2n) is 4.80. The lowest BCUT2D eigenvalue weighted by Gasteiger charge is -2.16. The Morgan fingerprint density at radius 1 is 1.19 bits per heavy atom. The number of hydrogen-bond donors (Lipinski definition) is 0. The lowest BCUT2D eigenvalue weighted by Crippen LogP contribution is -2.21. The number of rotatable bonds is 5. The number of ether oxygens (including phenoxy) is 2. The zero-order valence-electron chi connectivity index (χ0n) is 10.8. The van der Waals surface area contributed by atoms with Crippen molar-refractivity contribution in [1.29, 1.82) is 0 Å². The molecule has 16 heavy (non-hydrogen) atoms. The Kier molecular flexibility index (Phi) is 5.87. The standard InChI is InChI=1S/C14H24O2/c1-4-5-6-7-8-9-10-11-13-12-15-14(2,3)16-13/h13H,4-7,10-12H2,1-3H3/t13-/m0/s1. The van der Waals surface area contributed by atoms with Crippen molar-refractivity contribution < 1.29 is 9.47 Å². The largest absolute Gasteiger partial charge is 0.348 e. The Hall–Kier alpha value is -0.520. The van der Waals surface area contributed by atoms with Gasteiger partial charge in [0.1, 0.15) is 0 Å². The van der Waals surface area contributed by atoms with Crippen molar-refractivity contribution in [2.45, 2.75) is 71.2 Å². The molecular formula is C14H24O2. The fraction of sp³-hybridized carbons (Fsp3) is 0.857. The fourth-order valence-corrected chi connectivity index (χ4v) is 1.78. The van der Waals surface area contributed by atoms with Crippen molar-refractivity contribution in [3.05, 3.63) is 0 Å². The first-order valence-electron chi connectivity index (χ1n) is 6.41. The van der Waals surface area contributed by atoms with Crippen LogP contribution in [0.1, 0.15) is 59.3 Å². The van der Waals surface area contributed by atoms with Gasteiger partial charge in [-0.2, -0.15) is 0 Å². The summed E-state index contributed by atoms with van der Waals surface area (Å²) in [5.74, 6) is 6.04. The smallest absolute Gasteiger partial charge is 0.163 e. The Morgan fingerprint density at radius 2 is 1.94 bits per heavy atom. The zero-order chi connectivity index (χ0) is 11.9. The van der Waals surface area contributed by atoms with Gasteiger partial charge in [-0.3, -0.25) is 0 Å². The van der Waals surface area contributed by atoms with Crippen LogP contribution in [0.25, 0.3) is 0 Å². The van der Waals surface area contributed by atoms with Crippen LogP contribution in [-0.4, -0.2) is 18.5 Å². The summed E-state index contributed by atoms with van der Waals surface area (Å²) in [5, 5.41) is 0. The first-order valence-corrected chi connectivity index (χ1v) is 6.41. The third-order valence-corrected chi connectivity index (χ3v) is 2.69. The van der Waals surface area contributed by atoms with Gasteiger partial charge in [-0.1, -0.05) is 19.8 Å². The minimum atomic E-state index is -0.390. The van der Waals surface area contributed by atoms with E-state index in [0.29, 0.717) is 6.61 Å². The lowest BCUT2D eigenvalue weighted by atomic mass is 10.2. The van der Waals surface area contributed by atoms with Crippen LogP contribution in [0.5, 0.6) is 0 Å². The molecule has 1 saturated heterocycles. The van der Waals surface area contributed by atoms with Gasteiger partial charge in [0.15, 0.2) is 5.79 Å². The van der Waals surface area contributed by atoms with Crippen LogP contribution in [0, 0.1) is 11.8 Å². The van der Waals surface area contributed by atoms with Crippen LogP contribution in [0.3, 0.4) is 0 Å². The van der Waals surface area contributed by atoms with Gasteiger partial charge in [0.25, 0.3) is 0 Å². The molecule has 0 aromatic rings. The molecule has 0 amide bonds. The molecule has 2 nitrogen and oxygen atoms in total. The highest BCUT2D eigenvalue weighted by Gasteiger charge is 2.31. The predicted octanol–water partition coefficient (Wildman–Crippen LogP) is 3.50. The molecule has 0 N–H and O–H groups in total. The van der Waals surface area contributed by atoms with E-state index in [1.165, 1.54) is 19.3 Å². The highest BCUT2D eigenvalue weighted by atomic mass is 16.7. The zero-order valence-corrected chi connectivity index (χ0v) is 10.8.